The Morgan fingerprint density at radius 2 is 1.59 bits per heavy atom. The van der Waals surface area contributed by atoms with Gasteiger partial charge in [0.1, 0.15) is 6.07 Å². The second-order valence-electron chi connectivity index (χ2n) is 7.91. The summed E-state index contributed by atoms with van der Waals surface area (Å²) in [5.41, 5.74) is 3.08. The molecule has 0 aromatic heterocycles. The molecule has 0 bridgehead atoms. The molecule has 0 amide bonds. The van der Waals surface area contributed by atoms with E-state index in [1.807, 2.05) is 24.3 Å². The van der Waals surface area contributed by atoms with Crippen molar-refractivity contribution in [1.29, 1.82) is 5.26 Å². The van der Waals surface area contributed by atoms with E-state index in [1.165, 1.54) is 18.5 Å². The van der Waals surface area contributed by atoms with Crippen LogP contribution in [0.15, 0.2) is 42.5 Å². The second kappa shape index (κ2) is 7.84. The SMILES string of the molecule is N#Cc1ccccc1N1CCN(C2CCN(c3ccc4c(c3)OCO4)CC2)CC1. The minimum atomic E-state index is 0.325. The molecule has 5 rings (SSSR count). The van der Waals surface area contributed by atoms with Crippen LogP contribution in [-0.2, 0) is 0 Å². The molecule has 29 heavy (non-hydrogen) atoms. The lowest BCUT2D eigenvalue weighted by Crippen LogP contribution is -2.53. The van der Waals surface area contributed by atoms with Crippen LogP contribution in [-0.4, -0.2) is 57.0 Å². The number of fused-ring (bicyclic) bond motifs is 1. The lowest BCUT2D eigenvalue weighted by molar-refractivity contribution is 0.160. The fraction of sp³-hybridized carbons (Fsp3) is 0.435. The number of para-hydroxylation sites is 1. The molecule has 0 unspecified atom stereocenters. The molecule has 0 aliphatic carbocycles. The first kappa shape index (κ1) is 18.1. The van der Waals surface area contributed by atoms with Crippen LogP contribution in [0.1, 0.15) is 18.4 Å². The van der Waals surface area contributed by atoms with E-state index < -0.39 is 0 Å². The van der Waals surface area contributed by atoms with Crippen molar-refractivity contribution in [2.75, 3.05) is 55.9 Å². The first-order chi connectivity index (χ1) is 14.3. The minimum absolute atomic E-state index is 0.325. The predicted octanol–water partition coefficient (Wildman–Crippen LogP) is 3.08. The summed E-state index contributed by atoms with van der Waals surface area (Å²) < 4.78 is 11.0. The lowest BCUT2D eigenvalue weighted by atomic mass is 10.0. The molecule has 0 saturated carbocycles. The molecular weight excluding hydrogens is 364 g/mol. The summed E-state index contributed by atoms with van der Waals surface area (Å²) in [6.45, 7) is 6.57. The summed E-state index contributed by atoms with van der Waals surface area (Å²) in [7, 11) is 0. The molecule has 6 heteroatoms. The molecule has 0 spiro atoms. The summed E-state index contributed by atoms with van der Waals surface area (Å²) in [5.74, 6) is 1.71. The van der Waals surface area contributed by atoms with E-state index in [0.717, 1.165) is 62.0 Å². The molecule has 2 aromatic rings. The number of hydrogen-bond acceptors (Lipinski definition) is 6. The van der Waals surface area contributed by atoms with Crippen molar-refractivity contribution in [2.45, 2.75) is 18.9 Å². The van der Waals surface area contributed by atoms with E-state index >= 15 is 0 Å². The molecule has 6 nitrogen and oxygen atoms in total. The standard InChI is InChI=1S/C23H26N4O2/c24-16-18-3-1-2-4-21(18)27-13-11-26(12-14-27)19-7-9-25(10-8-19)20-5-6-22-23(15-20)29-17-28-22/h1-6,15,19H,7-14,17H2. The van der Waals surface area contributed by atoms with E-state index in [2.05, 4.69) is 39.0 Å². The Hall–Kier alpha value is -2.91. The number of nitrogens with zero attached hydrogens (tertiary/aromatic N) is 4. The summed E-state index contributed by atoms with van der Waals surface area (Å²) in [6.07, 6.45) is 2.37. The molecule has 2 aromatic carbocycles. The van der Waals surface area contributed by atoms with Gasteiger partial charge >= 0.3 is 0 Å². The van der Waals surface area contributed by atoms with Crippen molar-refractivity contribution < 1.29 is 9.47 Å². The van der Waals surface area contributed by atoms with E-state index in [1.54, 1.807) is 0 Å². The maximum atomic E-state index is 9.37. The average Bonchev–Trinajstić information content (AvgIpc) is 3.27. The van der Waals surface area contributed by atoms with Gasteiger partial charge in [-0.05, 0) is 37.1 Å². The highest BCUT2D eigenvalue weighted by Gasteiger charge is 2.28. The van der Waals surface area contributed by atoms with Gasteiger partial charge in [0, 0.05) is 57.1 Å². The van der Waals surface area contributed by atoms with Crippen molar-refractivity contribution in [3.63, 3.8) is 0 Å². The molecule has 150 valence electrons. The molecule has 3 aliphatic heterocycles. The monoisotopic (exact) mass is 390 g/mol. The van der Waals surface area contributed by atoms with Gasteiger partial charge in [0.2, 0.25) is 6.79 Å². The van der Waals surface area contributed by atoms with E-state index in [9.17, 15) is 5.26 Å². The molecule has 0 N–H and O–H groups in total. The highest BCUT2D eigenvalue weighted by Crippen LogP contribution is 2.36. The molecule has 3 heterocycles. The summed E-state index contributed by atoms with van der Waals surface area (Å²) >= 11 is 0. The zero-order valence-corrected chi connectivity index (χ0v) is 16.6. The second-order valence-corrected chi connectivity index (χ2v) is 7.91. The number of hydrogen-bond donors (Lipinski definition) is 0. The van der Waals surface area contributed by atoms with Gasteiger partial charge in [0.15, 0.2) is 11.5 Å². The Morgan fingerprint density at radius 1 is 0.828 bits per heavy atom. The number of ether oxygens (including phenoxy) is 2. The van der Waals surface area contributed by atoms with Gasteiger partial charge < -0.3 is 19.3 Å². The molecule has 0 atom stereocenters. The largest absolute Gasteiger partial charge is 0.454 e. The predicted molar refractivity (Wildman–Crippen MR) is 113 cm³/mol. The first-order valence-electron chi connectivity index (χ1n) is 10.4. The average molecular weight is 390 g/mol. The van der Waals surface area contributed by atoms with Crippen LogP contribution in [0, 0.1) is 11.3 Å². The smallest absolute Gasteiger partial charge is 0.231 e. The van der Waals surface area contributed by atoms with Crippen molar-refractivity contribution in [2.24, 2.45) is 0 Å². The summed E-state index contributed by atoms with van der Waals surface area (Å²) in [5, 5.41) is 9.37. The zero-order chi connectivity index (χ0) is 19.6. The van der Waals surface area contributed by atoms with Gasteiger partial charge in [-0.3, -0.25) is 4.90 Å². The van der Waals surface area contributed by atoms with Gasteiger partial charge in [0.05, 0.1) is 11.3 Å². The van der Waals surface area contributed by atoms with Gasteiger partial charge in [-0.25, -0.2) is 0 Å². The van der Waals surface area contributed by atoms with Crippen LogP contribution in [0.4, 0.5) is 11.4 Å². The van der Waals surface area contributed by atoms with Gasteiger partial charge in [0.25, 0.3) is 0 Å². The topological polar surface area (TPSA) is 52.0 Å². The summed E-state index contributed by atoms with van der Waals surface area (Å²) in [6, 6.07) is 17.2. The van der Waals surface area contributed by atoms with Crippen molar-refractivity contribution >= 4 is 11.4 Å². The quantitative estimate of drug-likeness (QED) is 0.803. The number of benzene rings is 2. The zero-order valence-electron chi connectivity index (χ0n) is 16.6. The molecular formula is C23H26N4O2. The van der Waals surface area contributed by atoms with Crippen LogP contribution in [0.25, 0.3) is 0 Å². The van der Waals surface area contributed by atoms with E-state index in [-0.39, 0.29) is 0 Å². The fourth-order valence-corrected chi connectivity index (χ4v) is 4.74. The first-order valence-corrected chi connectivity index (χ1v) is 10.4. The van der Waals surface area contributed by atoms with E-state index in [4.69, 9.17) is 9.47 Å². The van der Waals surface area contributed by atoms with Crippen molar-refractivity contribution in [3.8, 4) is 17.6 Å². The highest BCUT2D eigenvalue weighted by molar-refractivity contribution is 5.59. The van der Waals surface area contributed by atoms with Crippen molar-refractivity contribution in [1.82, 2.24) is 4.90 Å². The van der Waals surface area contributed by atoms with Gasteiger partial charge in [-0.2, -0.15) is 5.26 Å². The normalized spacial score (nSPS) is 20.0. The number of piperazine rings is 1. The van der Waals surface area contributed by atoms with Crippen LogP contribution in [0.3, 0.4) is 0 Å². The number of nitriles is 1. The van der Waals surface area contributed by atoms with Crippen molar-refractivity contribution in [3.05, 3.63) is 48.0 Å². The van der Waals surface area contributed by atoms with Crippen LogP contribution < -0.4 is 19.3 Å². The molecule has 3 aliphatic rings. The Morgan fingerprint density at radius 3 is 2.38 bits per heavy atom. The van der Waals surface area contributed by atoms with E-state index in [0.29, 0.717) is 12.8 Å². The fourth-order valence-electron chi connectivity index (χ4n) is 4.74. The van der Waals surface area contributed by atoms with Crippen LogP contribution in [0.2, 0.25) is 0 Å². The third-order valence-electron chi connectivity index (χ3n) is 6.38. The molecule has 0 radical (unpaired) electrons. The maximum absolute atomic E-state index is 9.37. The maximum Gasteiger partial charge on any atom is 0.231 e. The number of rotatable bonds is 3. The summed E-state index contributed by atoms with van der Waals surface area (Å²) in [4.78, 5) is 7.46. The van der Waals surface area contributed by atoms with Gasteiger partial charge in [-0.15, -0.1) is 0 Å². The Bertz CT molecular complexity index is 909. The Balaban J connectivity index is 1.16. The highest BCUT2D eigenvalue weighted by atomic mass is 16.7. The number of anilines is 2. The Kier molecular flexibility index (Phi) is 4.91. The molecule has 2 saturated heterocycles. The third-order valence-corrected chi connectivity index (χ3v) is 6.38. The Labute approximate surface area is 171 Å². The molecule has 2 fully saturated rings. The number of piperidine rings is 1. The van der Waals surface area contributed by atoms with Crippen LogP contribution >= 0.6 is 0 Å². The van der Waals surface area contributed by atoms with Crippen LogP contribution in [0.5, 0.6) is 11.5 Å². The van der Waals surface area contributed by atoms with Gasteiger partial charge in [-0.1, -0.05) is 12.1 Å². The minimum Gasteiger partial charge on any atom is -0.454 e. The lowest BCUT2D eigenvalue weighted by Gasteiger charge is -2.44. The third kappa shape index (κ3) is 3.58.